The van der Waals surface area contributed by atoms with Gasteiger partial charge in [-0.2, -0.15) is 0 Å². The Morgan fingerprint density at radius 2 is 1.88 bits per heavy atom. The van der Waals surface area contributed by atoms with Crippen molar-refractivity contribution in [1.29, 1.82) is 0 Å². The maximum Gasteiger partial charge on any atom is 0.0582 e. The summed E-state index contributed by atoms with van der Waals surface area (Å²) in [6.45, 7) is 6.38. The van der Waals surface area contributed by atoms with Gasteiger partial charge in [-0.3, -0.25) is 0 Å². The second kappa shape index (κ2) is 6.24. The number of aliphatic hydroxyl groups is 1. The second-order valence-electron chi connectivity index (χ2n) is 4.49. The summed E-state index contributed by atoms with van der Waals surface area (Å²) in [4.78, 5) is 0. The van der Waals surface area contributed by atoms with Gasteiger partial charge in [0.15, 0.2) is 0 Å². The number of nitrogens with one attached hydrogen (secondary N) is 1. The van der Waals surface area contributed by atoms with E-state index in [0.717, 1.165) is 10.6 Å². The molecule has 1 rings (SSSR count). The van der Waals surface area contributed by atoms with Crippen LogP contribution in [0.3, 0.4) is 0 Å². The van der Waals surface area contributed by atoms with E-state index in [1.165, 1.54) is 0 Å². The van der Waals surface area contributed by atoms with Crippen LogP contribution in [0.15, 0.2) is 24.3 Å². The summed E-state index contributed by atoms with van der Waals surface area (Å²) in [5, 5.41) is 13.3. The van der Waals surface area contributed by atoms with Crippen LogP contribution >= 0.6 is 11.6 Å². The molecule has 0 aliphatic carbocycles. The number of rotatable bonds is 5. The summed E-state index contributed by atoms with van der Waals surface area (Å²) in [6.07, 6.45) is 0. The van der Waals surface area contributed by atoms with Crippen LogP contribution in [-0.4, -0.2) is 17.8 Å². The first-order chi connectivity index (χ1) is 7.56. The Bertz CT molecular complexity index is 327. The summed E-state index contributed by atoms with van der Waals surface area (Å²) < 4.78 is 0. The quantitative estimate of drug-likeness (QED) is 0.831. The maximum atomic E-state index is 9.09. The highest BCUT2D eigenvalue weighted by molar-refractivity contribution is 6.31. The topological polar surface area (TPSA) is 32.3 Å². The summed E-state index contributed by atoms with van der Waals surface area (Å²) in [7, 11) is 0. The van der Waals surface area contributed by atoms with Crippen molar-refractivity contribution in [2.24, 2.45) is 5.92 Å². The summed E-state index contributed by atoms with van der Waals surface area (Å²) in [6, 6.07) is 8.10. The predicted octanol–water partition coefficient (Wildman–Crippen LogP) is 3.01. The monoisotopic (exact) mass is 241 g/mol. The average molecular weight is 242 g/mol. The minimum absolute atomic E-state index is 0.0728. The van der Waals surface area contributed by atoms with E-state index in [1.807, 2.05) is 31.2 Å². The van der Waals surface area contributed by atoms with Crippen molar-refractivity contribution >= 4 is 11.6 Å². The Morgan fingerprint density at radius 3 is 2.38 bits per heavy atom. The highest BCUT2D eigenvalue weighted by Crippen LogP contribution is 2.28. The summed E-state index contributed by atoms with van der Waals surface area (Å²) >= 11 is 6.19. The van der Waals surface area contributed by atoms with Crippen LogP contribution < -0.4 is 5.32 Å². The molecule has 1 aromatic rings. The third kappa shape index (κ3) is 3.48. The molecule has 0 heterocycles. The molecular weight excluding hydrogens is 222 g/mol. The molecule has 0 saturated carbocycles. The molecular formula is C13H20ClNO. The first kappa shape index (κ1) is 13.5. The highest BCUT2D eigenvalue weighted by atomic mass is 35.5. The fourth-order valence-corrected chi connectivity index (χ4v) is 1.98. The molecule has 1 aromatic carbocycles. The van der Waals surface area contributed by atoms with Crippen molar-refractivity contribution in [2.75, 3.05) is 6.61 Å². The summed E-state index contributed by atoms with van der Waals surface area (Å²) in [5.74, 6) is 0.425. The van der Waals surface area contributed by atoms with Gasteiger partial charge in [-0.05, 0) is 24.5 Å². The van der Waals surface area contributed by atoms with Crippen LogP contribution in [0.25, 0.3) is 0 Å². The molecule has 3 heteroatoms. The Balaban J connectivity index is 2.90. The van der Waals surface area contributed by atoms with Crippen molar-refractivity contribution in [3.8, 4) is 0 Å². The Hall–Kier alpha value is -0.570. The molecule has 2 nitrogen and oxygen atoms in total. The third-order valence-electron chi connectivity index (χ3n) is 2.64. The van der Waals surface area contributed by atoms with Gasteiger partial charge in [-0.1, -0.05) is 43.6 Å². The van der Waals surface area contributed by atoms with E-state index in [1.54, 1.807) is 0 Å². The molecule has 0 aliphatic heterocycles. The van der Waals surface area contributed by atoms with E-state index in [9.17, 15) is 0 Å². The first-order valence-electron chi connectivity index (χ1n) is 5.67. The molecule has 0 spiro atoms. The first-order valence-corrected chi connectivity index (χ1v) is 6.05. The fraction of sp³-hybridized carbons (Fsp3) is 0.538. The lowest BCUT2D eigenvalue weighted by molar-refractivity contribution is 0.229. The van der Waals surface area contributed by atoms with E-state index in [2.05, 4.69) is 19.2 Å². The zero-order valence-electron chi connectivity index (χ0n) is 10.1. The molecule has 90 valence electrons. The van der Waals surface area contributed by atoms with E-state index in [4.69, 9.17) is 16.7 Å². The molecule has 16 heavy (non-hydrogen) atoms. The second-order valence-corrected chi connectivity index (χ2v) is 4.90. The van der Waals surface area contributed by atoms with Gasteiger partial charge in [0.1, 0.15) is 0 Å². The number of aliphatic hydroxyl groups excluding tert-OH is 1. The van der Waals surface area contributed by atoms with Crippen molar-refractivity contribution in [2.45, 2.75) is 32.9 Å². The van der Waals surface area contributed by atoms with Crippen molar-refractivity contribution in [3.63, 3.8) is 0 Å². The molecule has 1 unspecified atom stereocenters. The van der Waals surface area contributed by atoms with Crippen LogP contribution in [0, 0.1) is 5.92 Å². The van der Waals surface area contributed by atoms with Crippen LogP contribution in [0.2, 0.25) is 5.02 Å². The predicted molar refractivity (Wildman–Crippen MR) is 68.7 cm³/mol. The standard InChI is InChI=1S/C13H20ClNO/c1-9(2)13(15-10(3)8-16)11-6-4-5-7-12(11)14/h4-7,9-10,13,15-16H,8H2,1-3H3/t10-,13?/m0/s1. The van der Waals surface area contributed by atoms with Gasteiger partial charge in [-0.25, -0.2) is 0 Å². The molecule has 0 amide bonds. The van der Waals surface area contributed by atoms with Gasteiger partial charge >= 0.3 is 0 Å². The normalized spacial score (nSPS) is 15.1. The lowest BCUT2D eigenvalue weighted by Crippen LogP contribution is -2.35. The zero-order chi connectivity index (χ0) is 12.1. The van der Waals surface area contributed by atoms with Gasteiger partial charge in [0.05, 0.1) is 6.61 Å². The summed E-state index contributed by atoms with van der Waals surface area (Å²) in [5.41, 5.74) is 1.10. The smallest absolute Gasteiger partial charge is 0.0582 e. The molecule has 0 aliphatic rings. The Morgan fingerprint density at radius 1 is 1.25 bits per heavy atom. The lowest BCUT2D eigenvalue weighted by Gasteiger charge is -2.26. The van der Waals surface area contributed by atoms with E-state index in [0.29, 0.717) is 5.92 Å². The molecule has 0 fully saturated rings. The number of halogens is 1. The van der Waals surface area contributed by atoms with Crippen molar-refractivity contribution in [1.82, 2.24) is 5.32 Å². The van der Waals surface area contributed by atoms with Crippen LogP contribution in [-0.2, 0) is 0 Å². The van der Waals surface area contributed by atoms with Gasteiger partial charge in [0.25, 0.3) is 0 Å². The fourth-order valence-electron chi connectivity index (χ4n) is 1.73. The van der Waals surface area contributed by atoms with E-state index in [-0.39, 0.29) is 18.7 Å². The number of hydrogen-bond donors (Lipinski definition) is 2. The van der Waals surface area contributed by atoms with Gasteiger partial charge in [-0.15, -0.1) is 0 Å². The lowest BCUT2D eigenvalue weighted by atomic mass is 9.95. The minimum Gasteiger partial charge on any atom is -0.395 e. The van der Waals surface area contributed by atoms with Gasteiger partial charge in [0, 0.05) is 17.1 Å². The average Bonchev–Trinajstić information content (AvgIpc) is 2.26. The molecule has 0 radical (unpaired) electrons. The SMILES string of the molecule is CC(C)C(N[C@@H](C)CO)c1ccccc1Cl. The third-order valence-corrected chi connectivity index (χ3v) is 2.99. The van der Waals surface area contributed by atoms with E-state index < -0.39 is 0 Å². The van der Waals surface area contributed by atoms with Crippen LogP contribution in [0.1, 0.15) is 32.4 Å². The molecule has 2 atom stereocenters. The van der Waals surface area contributed by atoms with E-state index >= 15 is 0 Å². The zero-order valence-corrected chi connectivity index (χ0v) is 10.8. The number of benzene rings is 1. The van der Waals surface area contributed by atoms with Crippen molar-refractivity contribution in [3.05, 3.63) is 34.9 Å². The Labute approximate surface area is 103 Å². The molecule has 0 saturated heterocycles. The molecule has 0 bridgehead atoms. The maximum absolute atomic E-state index is 9.09. The van der Waals surface area contributed by atoms with Crippen LogP contribution in [0.5, 0.6) is 0 Å². The van der Waals surface area contributed by atoms with Crippen LogP contribution in [0.4, 0.5) is 0 Å². The van der Waals surface area contributed by atoms with Gasteiger partial charge < -0.3 is 10.4 Å². The molecule has 2 N–H and O–H groups in total. The minimum atomic E-state index is 0.0728. The van der Waals surface area contributed by atoms with Gasteiger partial charge in [0.2, 0.25) is 0 Å². The highest BCUT2D eigenvalue weighted by Gasteiger charge is 2.19. The number of hydrogen-bond acceptors (Lipinski definition) is 2. The van der Waals surface area contributed by atoms with Crippen molar-refractivity contribution < 1.29 is 5.11 Å². The molecule has 0 aromatic heterocycles. The Kier molecular flexibility index (Phi) is 5.26. The largest absolute Gasteiger partial charge is 0.395 e.